The number of nitrogens with two attached hydrogens (primary N) is 1. The molecule has 1 aromatic carbocycles. The Morgan fingerprint density at radius 2 is 2.14 bits per heavy atom. The van der Waals surface area contributed by atoms with Crippen LogP contribution in [0, 0.1) is 18.3 Å². The van der Waals surface area contributed by atoms with Crippen molar-refractivity contribution in [3.05, 3.63) is 54.0 Å². The lowest BCUT2D eigenvalue weighted by Gasteiger charge is -2.07. The first-order chi connectivity index (χ1) is 10.7. The van der Waals surface area contributed by atoms with Gasteiger partial charge in [-0.3, -0.25) is 0 Å². The highest BCUT2D eigenvalue weighted by atomic mass is 16.5. The fraction of sp³-hybridized carbons (Fsp3) is 0.0667. The molecule has 0 aliphatic rings. The summed E-state index contributed by atoms with van der Waals surface area (Å²) >= 11 is 0. The average molecular weight is 292 g/mol. The van der Waals surface area contributed by atoms with E-state index in [4.69, 9.17) is 15.7 Å². The average Bonchev–Trinajstić information content (AvgIpc) is 2.88. The smallest absolute Gasteiger partial charge is 0.224 e. The van der Waals surface area contributed by atoms with Crippen molar-refractivity contribution in [1.29, 1.82) is 5.26 Å². The molecule has 3 aromatic rings. The highest BCUT2D eigenvalue weighted by Gasteiger charge is 2.11. The molecule has 0 aliphatic carbocycles. The minimum Gasteiger partial charge on any atom is -0.439 e. The molecule has 0 amide bonds. The van der Waals surface area contributed by atoms with Crippen LogP contribution in [0.5, 0.6) is 11.6 Å². The van der Waals surface area contributed by atoms with E-state index in [2.05, 4.69) is 15.1 Å². The molecule has 2 heterocycles. The Kier molecular flexibility index (Phi) is 3.42. The van der Waals surface area contributed by atoms with Crippen LogP contribution in [0.25, 0.3) is 5.82 Å². The molecular weight excluding hydrogens is 280 g/mol. The third-order valence-corrected chi connectivity index (χ3v) is 2.98. The summed E-state index contributed by atoms with van der Waals surface area (Å²) in [7, 11) is 0. The molecule has 0 saturated carbocycles. The lowest BCUT2D eigenvalue weighted by atomic mass is 10.2. The van der Waals surface area contributed by atoms with Crippen molar-refractivity contribution >= 4 is 5.82 Å². The quantitative estimate of drug-likeness (QED) is 0.794. The van der Waals surface area contributed by atoms with E-state index in [0.717, 1.165) is 5.56 Å². The van der Waals surface area contributed by atoms with Crippen LogP contribution in [-0.4, -0.2) is 19.7 Å². The van der Waals surface area contributed by atoms with Crippen LogP contribution in [0.15, 0.2) is 42.9 Å². The van der Waals surface area contributed by atoms with Crippen molar-refractivity contribution in [2.75, 3.05) is 5.73 Å². The highest BCUT2D eigenvalue weighted by molar-refractivity contribution is 5.51. The second kappa shape index (κ2) is 5.54. The number of nitriles is 1. The summed E-state index contributed by atoms with van der Waals surface area (Å²) in [6, 6.07) is 11.2. The van der Waals surface area contributed by atoms with Crippen LogP contribution in [0.2, 0.25) is 0 Å². The third kappa shape index (κ3) is 2.58. The van der Waals surface area contributed by atoms with Gasteiger partial charge in [-0.2, -0.15) is 15.0 Å². The number of hydrogen-bond acceptors (Lipinski definition) is 6. The van der Waals surface area contributed by atoms with E-state index < -0.39 is 0 Å². The predicted molar refractivity (Wildman–Crippen MR) is 79.5 cm³/mol. The summed E-state index contributed by atoms with van der Waals surface area (Å²) in [5.41, 5.74) is 7.22. The Balaban J connectivity index is 1.93. The number of rotatable bonds is 3. The number of ether oxygens (including phenoxy) is 1. The van der Waals surface area contributed by atoms with E-state index in [1.54, 1.807) is 6.07 Å². The van der Waals surface area contributed by atoms with Crippen molar-refractivity contribution in [2.24, 2.45) is 0 Å². The topological polar surface area (TPSA) is 103 Å². The molecule has 0 radical (unpaired) electrons. The van der Waals surface area contributed by atoms with Gasteiger partial charge in [-0.25, -0.2) is 9.97 Å². The number of aryl methyl sites for hydroxylation is 1. The van der Waals surface area contributed by atoms with E-state index in [-0.39, 0.29) is 5.82 Å². The van der Waals surface area contributed by atoms with Crippen molar-refractivity contribution < 1.29 is 4.74 Å². The van der Waals surface area contributed by atoms with Crippen LogP contribution >= 0.6 is 0 Å². The number of benzene rings is 1. The number of hydrogen-bond donors (Lipinski definition) is 1. The molecule has 108 valence electrons. The molecular formula is C15H12N6O. The van der Waals surface area contributed by atoms with E-state index >= 15 is 0 Å². The van der Waals surface area contributed by atoms with Crippen LogP contribution in [0.4, 0.5) is 5.82 Å². The summed E-state index contributed by atoms with van der Waals surface area (Å²) in [6.07, 6.45) is 2.74. The summed E-state index contributed by atoms with van der Waals surface area (Å²) in [5, 5.41) is 13.0. The molecule has 2 N–H and O–H groups in total. The summed E-state index contributed by atoms with van der Waals surface area (Å²) in [6.45, 7) is 1.98. The maximum Gasteiger partial charge on any atom is 0.224 e. The van der Waals surface area contributed by atoms with Gasteiger partial charge in [0.25, 0.3) is 0 Å². The monoisotopic (exact) mass is 292 g/mol. The Hall–Kier alpha value is -3.40. The van der Waals surface area contributed by atoms with E-state index in [9.17, 15) is 0 Å². The summed E-state index contributed by atoms with van der Waals surface area (Å²) in [5.74, 6) is 1.69. The van der Waals surface area contributed by atoms with E-state index in [1.165, 1.54) is 17.2 Å². The molecule has 0 saturated heterocycles. The van der Waals surface area contributed by atoms with Gasteiger partial charge >= 0.3 is 0 Å². The lowest BCUT2D eigenvalue weighted by Crippen LogP contribution is -2.05. The van der Waals surface area contributed by atoms with Crippen LogP contribution in [0.1, 0.15) is 11.1 Å². The molecule has 0 atom stereocenters. The fourth-order valence-electron chi connectivity index (χ4n) is 1.93. The van der Waals surface area contributed by atoms with Gasteiger partial charge in [0.05, 0.1) is 6.20 Å². The zero-order chi connectivity index (χ0) is 15.5. The minimum atomic E-state index is 0.225. The van der Waals surface area contributed by atoms with Crippen molar-refractivity contribution in [1.82, 2.24) is 19.7 Å². The summed E-state index contributed by atoms with van der Waals surface area (Å²) in [4.78, 5) is 8.16. The Bertz CT molecular complexity index is 864. The molecule has 7 nitrogen and oxygen atoms in total. The first-order valence-corrected chi connectivity index (χ1v) is 6.48. The molecule has 22 heavy (non-hydrogen) atoms. The normalized spacial score (nSPS) is 10.2. The zero-order valence-electron chi connectivity index (χ0n) is 11.8. The second-order valence-electron chi connectivity index (χ2n) is 4.60. The molecule has 0 aliphatic heterocycles. The van der Waals surface area contributed by atoms with E-state index in [1.807, 2.05) is 37.3 Å². The predicted octanol–water partition coefficient (Wildman–Crippen LogP) is 2.22. The van der Waals surface area contributed by atoms with Gasteiger partial charge in [0, 0.05) is 6.07 Å². The van der Waals surface area contributed by atoms with Crippen molar-refractivity contribution in [3.8, 4) is 23.5 Å². The SMILES string of the molecule is Cc1cccc(Oc2cc(-n3ncc(C#N)c3N)ncn2)c1. The number of anilines is 1. The summed E-state index contributed by atoms with van der Waals surface area (Å²) < 4.78 is 7.06. The van der Waals surface area contributed by atoms with Gasteiger partial charge in [0.1, 0.15) is 29.5 Å². The van der Waals surface area contributed by atoms with E-state index in [0.29, 0.717) is 23.0 Å². The van der Waals surface area contributed by atoms with Crippen molar-refractivity contribution in [3.63, 3.8) is 0 Å². The second-order valence-corrected chi connectivity index (χ2v) is 4.60. The maximum atomic E-state index is 8.91. The number of nitrogen functional groups attached to an aromatic ring is 1. The third-order valence-electron chi connectivity index (χ3n) is 2.98. The first kappa shape index (κ1) is 13.6. The molecule has 0 bridgehead atoms. The fourth-order valence-corrected chi connectivity index (χ4v) is 1.93. The van der Waals surface area contributed by atoms with Gasteiger partial charge in [0.15, 0.2) is 5.82 Å². The van der Waals surface area contributed by atoms with Gasteiger partial charge in [-0.1, -0.05) is 12.1 Å². The van der Waals surface area contributed by atoms with Crippen LogP contribution < -0.4 is 10.5 Å². The van der Waals surface area contributed by atoms with Gasteiger partial charge < -0.3 is 10.5 Å². The van der Waals surface area contributed by atoms with Crippen LogP contribution in [0.3, 0.4) is 0 Å². The lowest BCUT2D eigenvalue weighted by molar-refractivity contribution is 0.460. The highest BCUT2D eigenvalue weighted by Crippen LogP contribution is 2.22. The molecule has 3 rings (SSSR count). The zero-order valence-corrected chi connectivity index (χ0v) is 11.8. The van der Waals surface area contributed by atoms with Gasteiger partial charge in [-0.15, -0.1) is 0 Å². The van der Waals surface area contributed by atoms with Gasteiger partial charge in [0.2, 0.25) is 5.88 Å². The maximum absolute atomic E-state index is 8.91. The van der Waals surface area contributed by atoms with Gasteiger partial charge in [-0.05, 0) is 24.6 Å². The molecule has 0 unspecified atom stereocenters. The largest absolute Gasteiger partial charge is 0.439 e. The minimum absolute atomic E-state index is 0.225. The van der Waals surface area contributed by atoms with Crippen molar-refractivity contribution in [2.45, 2.75) is 6.92 Å². The number of aromatic nitrogens is 4. The first-order valence-electron chi connectivity index (χ1n) is 6.48. The Morgan fingerprint density at radius 1 is 1.27 bits per heavy atom. The Labute approximate surface area is 126 Å². The standard InChI is InChI=1S/C15H12N6O/c1-10-3-2-4-12(5-10)22-14-6-13(18-9-19-14)21-15(17)11(7-16)8-20-21/h2-6,8-9H,17H2,1H3. The van der Waals surface area contributed by atoms with Crippen LogP contribution in [-0.2, 0) is 0 Å². The molecule has 0 fully saturated rings. The molecule has 2 aromatic heterocycles. The number of nitrogens with zero attached hydrogens (tertiary/aromatic N) is 5. The molecule has 7 heteroatoms. The molecule has 0 spiro atoms. The Morgan fingerprint density at radius 3 is 2.86 bits per heavy atom.